The number of para-hydroxylation sites is 2. The largest absolute Gasteiger partial charge is 0.364 e. The van der Waals surface area contributed by atoms with Crippen LogP contribution in [-0.4, -0.2) is 24.1 Å². The Morgan fingerprint density at radius 3 is 2.40 bits per heavy atom. The molecule has 1 aromatic heterocycles. The Labute approximate surface area is 142 Å². The van der Waals surface area contributed by atoms with Crippen LogP contribution < -0.4 is 10.5 Å². The van der Waals surface area contributed by atoms with Crippen LogP contribution in [0.3, 0.4) is 0 Å². The second-order valence-electron chi connectivity index (χ2n) is 5.09. The molecule has 0 aliphatic rings. The second kappa shape index (κ2) is 6.36. The van der Waals surface area contributed by atoms with Crippen molar-refractivity contribution in [2.75, 3.05) is 4.72 Å². The number of carbonyl (C=O) groups excluding carboxylic acids is 1. The van der Waals surface area contributed by atoms with E-state index in [1.54, 1.807) is 24.3 Å². The average Bonchev–Trinajstić information content (AvgIpc) is 3.05. The van der Waals surface area contributed by atoms with E-state index in [1.165, 1.54) is 29.1 Å². The van der Waals surface area contributed by atoms with Gasteiger partial charge in [0.25, 0.3) is 15.9 Å². The highest BCUT2D eigenvalue weighted by atomic mass is 32.2. The molecule has 1 amide bonds. The molecule has 0 bridgehead atoms. The number of nitrogens with one attached hydrogen (secondary N) is 1. The predicted molar refractivity (Wildman–Crippen MR) is 89.3 cm³/mol. The highest BCUT2D eigenvalue weighted by Crippen LogP contribution is 2.23. The van der Waals surface area contributed by atoms with Crippen LogP contribution >= 0.6 is 0 Å². The smallest absolute Gasteiger partial charge is 0.269 e. The number of benzene rings is 2. The van der Waals surface area contributed by atoms with Crippen LogP contribution in [0.1, 0.15) is 10.5 Å². The molecule has 7 nitrogen and oxygen atoms in total. The monoisotopic (exact) mass is 360 g/mol. The van der Waals surface area contributed by atoms with Gasteiger partial charge in [0.15, 0.2) is 0 Å². The first kappa shape index (κ1) is 16.7. The van der Waals surface area contributed by atoms with Gasteiger partial charge in [-0.2, -0.15) is 5.10 Å². The van der Waals surface area contributed by atoms with Crippen LogP contribution in [0, 0.1) is 5.82 Å². The van der Waals surface area contributed by atoms with E-state index in [2.05, 4.69) is 9.82 Å². The average molecular weight is 360 g/mol. The topological polar surface area (TPSA) is 107 Å². The Kier molecular flexibility index (Phi) is 4.24. The quantitative estimate of drug-likeness (QED) is 0.725. The lowest BCUT2D eigenvalue weighted by Crippen LogP contribution is -2.15. The molecule has 0 unspecified atom stereocenters. The molecule has 0 spiro atoms. The van der Waals surface area contributed by atoms with E-state index in [0.717, 1.165) is 12.1 Å². The van der Waals surface area contributed by atoms with Crippen LogP contribution in [0.4, 0.5) is 10.1 Å². The first-order valence-electron chi connectivity index (χ1n) is 7.10. The first-order valence-corrected chi connectivity index (χ1v) is 8.58. The van der Waals surface area contributed by atoms with Gasteiger partial charge in [-0.3, -0.25) is 9.52 Å². The zero-order valence-corrected chi connectivity index (χ0v) is 13.6. The molecule has 0 aliphatic carbocycles. The van der Waals surface area contributed by atoms with E-state index in [-0.39, 0.29) is 16.3 Å². The van der Waals surface area contributed by atoms with Crippen molar-refractivity contribution in [3.8, 4) is 5.69 Å². The van der Waals surface area contributed by atoms with Crippen LogP contribution in [0.5, 0.6) is 0 Å². The van der Waals surface area contributed by atoms with Gasteiger partial charge in [-0.25, -0.2) is 17.5 Å². The number of nitrogens with two attached hydrogens (primary N) is 1. The number of carbonyl (C=O) groups is 1. The lowest BCUT2D eigenvalue weighted by molar-refractivity contribution is 0.0995. The third kappa shape index (κ3) is 3.50. The fourth-order valence-electron chi connectivity index (χ4n) is 2.17. The van der Waals surface area contributed by atoms with Crippen LogP contribution in [0.2, 0.25) is 0 Å². The van der Waals surface area contributed by atoms with Crippen molar-refractivity contribution in [3.05, 3.63) is 72.3 Å². The summed E-state index contributed by atoms with van der Waals surface area (Å²) in [7, 11) is -3.92. The highest BCUT2D eigenvalue weighted by Gasteiger charge is 2.17. The molecule has 9 heteroatoms. The van der Waals surface area contributed by atoms with E-state index in [0.29, 0.717) is 5.69 Å². The maximum absolute atomic E-state index is 13.0. The number of anilines is 1. The third-order valence-corrected chi connectivity index (χ3v) is 4.74. The summed E-state index contributed by atoms with van der Waals surface area (Å²) in [6, 6.07) is 12.4. The van der Waals surface area contributed by atoms with Crippen molar-refractivity contribution in [2.45, 2.75) is 4.90 Å². The number of halogens is 1. The normalized spacial score (nSPS) is 11.2. The Hall–Kier alpha value is -3.20. The summed E-state index contributed by atoms with van der Waals surface area (Å²) < 4.78 is 41.7. The molecule has 2 aromatic carbocycles. The van der Waals surface area contributed by atoms with Crippen molar-refractivity contribution < 1.29 is 17.6 Å². The van der Waals surface area contributed by atoms with Gasteiger partial charge in [-0.15, -0.1) is 0 Å². The van der Waals surface area contributed by atoms with Crippen LogP contribution in [0.15, 0.2) is 65.7 Å². The molecule has 0 saturated carbocycles. The summed E-state index contributed by atoms with van der Waals surface area (Å²) in [6.07, 6.45) is 1.49. The predicted octanol–water partition coefficient (Wildman–Crippen LogP) is 1.91. The minimum atomic E-state index is -3.92. The van der Waals surface area contributed by atoms with Crippen molar-refractivity contribution in [3.63, 3.8) is 0 Å². The van der Waals surface area contributed by atoms with Gasteiger partial charge in [-0.1, -0.05) is 12.1 Å². The number of amides is 1. The Morgan fingerprint density at radius 1 is 1.08 bits per heavy atom. The maximum atomic E-state index is 13.0. The van der Waals surface area contributed by atoms with Crippen LogP contribution in [-0.2, 0) is 10.0 Å². The minimum absolute atomic E-state index is 0.0520. The molecule has 0 atom stereocenters. The molecular formula is C16H13FN4O3S. The van der Waals surface area contributed by atoms with Gasteiger partial charge in [0.05, 0.1) is 16.3 Å². The number of hydrogen-bond acceptors (Lipinski definition) is 4. The standard InChI is InChI=1S/C16H13FN4O3S/c17-11-5-7-12(8-6-11)25(23,24)20-13-3-1-2-4-15(13)21-10-9-14(19-21)16(18)22/h1-10,20H,(H2,18,22). The molecule has 128 valence electrons. The van der Waals surface area contributed by atoms with Gasteiger partial charge < -0.3 is 5.73 Å². The molecule has 3 aromatic rings. The number of primary amides is 1. The van der Waals surface area contributed by atoms with Crippen LogP contribution in [0.25, 0.3) is 5.69 Å². The highest BCUT2D eigenvalue weighted by molar-refractivity contribution is 7.92. The van der Waals surface area contributed by atoms with Crippen molar-refractivity contribution in [1.29, 1.82) is 0 Å². The lowest BCUT2D eigenvalue weighted by Gasteiger charge is -2.12. The number of sulfonamides is 1. The molecule has 0 aliphatic heterocycles. The third-order valence-electron chi connectivity index (χ3n) is 3.36. The van der Waals surface area contributed by atoms with Gasteiger partial charge in [-0.05, 0) is 42.5 Å². The SMILES string of the molecule is NC(=O)c1ccn(-c2ccccc2NS(=O)(=O)c2ccc(F)cc2)n1. The number of aromatic nitrogens is 2. The molecule has 3 rings (SSSR count). The molecular weight excluding hydrogens is 347 g/mol. The van der Waals surface area contributed by atoms with Gasteiger partial charge in [0.2, 0.25) is 0 Å². The molecule has 0 saturated heterocycles. The summed E-state index contributed by atoms with van der Waals surface area (Å²) in [4.78, 5) is 11.1. The van der Waals surface area contributed by atoms with E-state index in [9.17, 15) is 17.6 Å². The van der Waals surface area contributed by atoms with E-state index < -0.39 is 21.7 Å². The van der Waals surface area contributed by atoms with Crippen molar-refractivity contribution >= 4 is 21.6 Å². The maximum Gasteiger partial charge on any atom is 0.269 e. The summed E-state index contributed by atoms with van der Waals surface area (Å²) in [5, 5.41) is 4.01. The number of nitrogens with zero attached hydrogens (tertiary/aromatic N) is 2. The fourth-order valence-corrected chi connectivity index (χ4v) is 3.24. The zero-order valence-electron chi connectivity index (χ0n) is 12.8. The first-order chi connectivity index (χ1) is 11.9. The summed E-state index contributed by atoms with van der Waals surface area (Å²) >= 11 is 0. The van der Waals surface area contributed by atoms with Crippen molar-refractivity contribution in [1.82, 2.24) is 9.78 Å². The summed E-state index contributed by atoms with van der Waals surface area (Å²) in [5.41, 5.74) is 5.87. The second-order valence-corrected chi connectivity index (χ2v) is 6.77. The zero-order chi connectivity index (χ0) is 18.0. The molecule has 3 N–H and O–H groups in total. The van der Waals surface area contributed by atoms with Crippen molar-refractivity contribution in [2.24, 2.45) is 5.73 Å². The van der Waals surface area contributed by atoms with Gasteiger partial charge in [0.1, 0.15) is 11.5 Å². The van der Waals surface area contributed by atoms with Gasteiger partial charge in [0, 0.05) is 6.20 Å². The minimum Gasteiger partial charge on any atom is -0.364 e. The summed E-state index contributed by atoms with van der Waals surface area (Å²) in [5.74, 6) is -1.22. The Morgan fingerprint density at radius 2 is 1.76 bits per heavy atom. The Balaban J connectivity index is 1.98. The fraction of sp³-hybridized carbons (Fsp3) is 0. The molecule has 1 heterocycles. The number of hydrogen-bond donors (Lipinski definition) is 2. The molecule has 0 radical (unpaired) electrons. The van der Waals surface area contributed by atoms with Gasteiger partial charge >= 0.3 is 0 Å². The Bertz CT molecular complexity index is 1030. The molecule has 0 fully saturated rings. The van der Waals surface area contributed by atoms with E-state index in [1.807, 2.05) is 0 Å². The van der Waals surface area contributed by atoms with E-state index >= 15 is 0 Å². The molecule has 25 heavy (non-hydrogen) atoms. The summed E-state index contributed by atoms with van der Waals surface area (Å²) in [6.45, 7) is 0. The lowest BCUT2D eigenvalue weighted by atomic mass is 10.3. The number of rotatable bonds is 5. The van der Waals surface area contributed by atoms with E-state index in [4.69, 9.17) is 5.73 Å².